The van der Waals surface area contributed by atoms with Crippen LogP contribution in [0.4, 0.5) is 21.9 Å². The van der Waals surface area contributed by atoms with Crippen LogP contribution in [0.2, 0.25) is 0 Å². The van der Waals surface area contributed by atoms with E-state index >= 15 is 0 Å². The number of aliphatic hydroxyl groups is 1. The number of phenols is 1. The summed E-state index contributed by atoms with van der Waals surface area (Å²) in [6.07, 6.45) is 6.96. The normalized spacial score (nSPS) is 11.5. The second-order valence-electron chi connectivity index (χ2n) is 9.89. The van der Waals surface area contributed by atoms with Gasteiger partial charge in [0.2, 0.25) is 6.41 Å². The van der Waals surface area contributed by atoms with Gasteiger partial charge in [-0.1, -0.05) is 49.2 Å². The number of aryl methyl sites for hydroxylation is 1. The average molecular weight is 563 g/mol. The molecule has 0 heterocycles. The fourth-order valence-electron chi connectivity index (χ4n) is 4.36. The van der Waals surface area contributed by atoms with E-state index in [0.29, 0.717) is 18.5 Å². The van der Waals surface area contributed by atoms with Crippen LogP contribution in [0.25, 0.3) is 0 Å². The Morgan fingerprint density at radius 1 is 0.829 bits per heavy atom. The molecule has 3 aromatic rings. The zero-order chi connectivity index (χ0) is 29.1. The quantitative estimate of drug-likeness (QED) is 0.0619. The van der Waals surface area contributed by atoms with Crippen LogP contribution in [0.5, 0.6) is 5.75 Å². The molecule has 0 saturated heterocycles. The van der Waals surface area contributed by atoms with Gasteiger partial charge in [-0.25, -0.2) is 4.79 Å². The summed E-state index contributed by atoms with van der Waals surface area (Å²) in [4.78, 5) is 22.8. The summed E-state index contributed by atoms with van der Waals surface area (Å²) in [6.45, 7) is 2.72. The summed E-state index contributed by atoms with van der Waals surface area (Å²) in [5.74, 6) is -0.0351. The summed E-state index contributed by atoms with van der Waals surface area (Å²) in [6, 6.07) is 21.7. The van der Waals surface area contributed by atoms with Gasteiger partial charge in [-0.3, -0.25) is 4.79 Å². The van der Waals surface area contributed by atoms with Crippen LogP contribution in [0, 0.1) is 0 Å². The van der Waals surface area contributed by atoms with Crippen molar-refractivity contribution in [3.8, 4) is 5.75 Å². The monoisotopic (exact) mass is 562 g/mol. The summed E-state index contributed by atoms with van der Waals surface area (Å²) in [7, 11) is 0. The fourth-order valence-corrected chi connectivity index (χ4v) is 4.36. The molecule has 41 heavy (non-hydrogen) atoms. The standard InChI is InChI=1S/C32H42N4O5/c37-24-34-29-22-26(16-17-30(29)38)31(39)23-33-18-7-1-2-8-19-41-20-9-6-11-25-12-10-15-28(21-25)36-32(40)35-27-13-4-3-5-14-27/h3-5,10,12-17,21-22,24,31,33,38-39H,1-2,6-9,11,18-20,23H2,(H,34,37)(H2,35,36,40). The molecule has 0 aromatic heterocycles. The van der Waals surface area contributed by atoms with E-state index in [4.69, 9.17) is 4.74 Å². The molecule has 3 rings (SSSR count). The maximum Gasteiger partial charge on any atom is 0.323 e. The van der Waals surface area contributed by atoms with Gasteiger partial charge in [0.1, 0.15) is 5.75 Å². The van der Waals surface area contributed by atoms with Gasteiger partial charge >= 0.3 is 6.03 Å². The lowest BCUT2D eigenvalue weighted by atomic mass is 10.1. The number of unbranched alkanes of at least 4 members (excludes halogenated alkanes) is 4. The maximum atomic E-state index is 12.2. The summed E-state index contributed by atoms with van der Waals surface area (Å²) in [5, 5.41) is 31.4. The molecule has 6 N–H and O–H groups in total. The van der Waals surface area contributed by atoms with Gasteiger partial charge in [-0.15, -0.1) is 0 Å². The maximum absolute atomic E-state index is 12.2. The van der Waals surface area contributed by atoms with Crippen molar-refractivity contribution in [3.63, 3.8) is 0 Å². The third kappa shape index (κ3) is 12.4. The van der Waals surface area contributed by atoms with Crippen LogP contribution in [0.3, 0.4) is 0 Å². The molecule has 220 valence electrons. The van der Waals surface area contributed by atoms with Crippen molar-refractivity contribution in [1.82, 2.24) is 5.32 Å². The number of aliphatic hydroxyl groups excluding tert-OH is 1. The highest BCUT2D eigenvalue weighted by Gasteiger charge is 2.10. The Labute approximate surface area is 242 Å². The van der Waals surface area contributed by atoms with E-state index in [1.165, 1.54) is 11.6 Å². The summed E-state index contributed by atoms with van der Waals surface area (Å²) in [5.41, 5.74) is 3.63. The average Bonchev–Trinajstić information content (AvgIpc) is 2.97. The van der Waals surface area contributed by atoms with Crippen molar-refractivity contribution in [1.29, 1.82) is 0 Å². The summed E-state index contributed by atoms with van der Waals surface area (Å²) >= 11 is 0. The molecule has 9 heteroatoms. The lowest BCUT2D eigenvalue weighted by Crippen LogP contribution is -2.22. The highest BCUT2D eigenvalue weighted by molar-refractivity contribution is 5.99. The van der Waals surface area contributed by atoms with Crippen molar-refractivity contribution >= 4 is 29.5 Å². The molecule has 3 amide bonds. The third-order valence-corrected chi connectivity index (χ3v) is 6.57. The number of aromatic hydroxyl groups is 1. The number of carbonyl (C=O) groups excluding carboxylic acids is 2. The van der Waals surface area contributed by atoms with E-state index in [2.05, 4.69) is 27.3 Å². The topological polar surface area (TPSA) is 132 Å². The van der Waals surface area contributed by atoms with Gasteiger partial charge in [0, 0.05) is 31.1 Å². The van der Waals surface area contributed by atoms with Gasteiger partial charge in [0.05, 0.1) is 11.8 Å². The van der Waals surface area contributed by atoms with E-state index in [-0.39, 0.29) is 17.5 Å². The molecule has 0 radical (unpaired) electrons. The van der Waals surface area contributed by atoms with Crippen molar-refractivity contribution in [2.45, 2.75) is 51.0 Å². The van der Waals surface area contributed by atoms with Gasteiger partial charge < -0.3 is 36.2 Å². The Morgan fingerprint density at radius 2 is 1.56 bits per heavy atom. The van der Waals surface area contributed by atoms with Crippen LogP contribution < -0.4 is 21.3 Å². The molecule has 1 unspecified atom stereocenters. The van der Waals surface area contributed by atoms with Crippen LogP contribution in [0.15, 0.2) is 72.8 Å². The number of rotatable bonds is 19. The molecule has 0 bridgehead atoms. The number of hydrogen-bond acceptors (Lipinski definition) is 6. The van der Waals surface area contributed by atoms with Crippen LogP contribution >= 0.6 is 0 Å². The Balaban J connectivity index is 1.16. The molecular formula is C32H42N4O5. The molecule has 0 aliphatic rings. The van der Waals surface area contributed by atoms with Crippen molar-refractivity contribution in [3.05, 3.63) is 83.9 Å². The lowest BCUT2D eigenvalue weighted by Gasteiger charge is -2.14. The first-order valence-corrected chi connectivity index (χ1v) is 14.3. The Kier molecular flexibility index (Phi) is 14.2. The number of ether oxygens (including phenoxy) is 1. The highest BCUT2D eigenvalue weighted by atomic mass is 16.5. The van der Waals surface area contributed by atoms with Crippen LogP contribution in [-0.2, 0) is 16.0 Å². The molecule has 0 aliphatic heterocycles. The molecular weight excluding hydrogens is 520 g/mol. The second-order valence-corrected chi connectivity index (χ2v) is 9.89. The molecule has 3 aromatic carbocycles. The number of carbonyl (C=O) groups is 2. The summed E-state index contributed by atoms with van der Waals surface area (Å²) < 4.78 is 5.79. The Bertz CT molecular complexity index is 1190. The first-order valence-electron chi connectivity index (χ1n) is 14.3. The van der Waals surface area contributed by atoms with E-state index in [0.717, 1.165) is 76.1 Å². The van der Waals surface area contributed by atoms with Gasteiger partial charge in [0.15, 0.2) is 0 Å². The molecule has 9 nitrogen and oxygen atoms in total. The molecule has 1 atom stereocenters. The lowest BCUT2D eigenvalue weighted by molar-refractivity contribution is -0.105. The number of para-hydroxylation sites is 1. The number of hydrogen-bond donors (Lipinski definition) is 6. The molecule has 0 saturated carbocycles. The van der Waals surface area contributed by atoms with Gasteiger partial charge in [-0.05, 0) is 86.2 Å². The van der Waals surface area contributed by atoms with Gasteiger partial charge in [-0.2, -0.15) is 0 Å². The number of urea groups is 1. The third-order valence-electron chi connectivity index (χ3n) is 6.57. The second kappa shape index (κ2) is 18.4. The SMILES string of the molecule is O=CNc1cc(C(O)CNCCCCCCOCCCCc2cccc(NC(=O)Nc3ccccc3)c2)ccc1O. The number of amides is 3. The van der Waals surface area contributed by atoms with E-state index in [9.17, 15) is 19.8 Å². The van der Waals surface area contributed by atoms with Gasteiger partial charge in [0.25, 0.3) is 0 Å². The van der Waals surface area contributed by atoms with E-state index in [1.807, 2.05) is 48.5 Å². The zero-order valence-corrected chi connectivity index (χ0v) is 23.5. The smallest absolute Gasteiger partial charge is 0.323 e. The molecule has 0 aliphatic carbocycles. The molecule has 0 fully saturated rings. The fraction of sp³-hybridized carbons (Fsp3) is 0.375. The predicted octanol–water partition coefficient (Wildman–Crippen LogP) is 5.83. The van der Waals surface area contributed by atoms with Crippen molar-refractivity contribution in [2.24, 2.45) is 0 Å². The minimum absolute atomic E-state index is 0.0351. The van der Waals surface area contributed by atoms with E-state index < -0.39 is 6.10 Å². The number of phenolic OH excluding ortho intramolecular Hbond substituents is 1. The minimum Gasteiger partial charge on any atom is -0.506 e. The van der Waals surface area contributed by atoms with E-state index in [1.54, 1.807) is 12.1 Å². The van der Waals surface area contributed by atoms with Crippen LogP contribution in [-0.4, -0.2) is 49.0 Å². The highest BCUT2D eigenvalue weighted by Crippen LogP contribution is 2.26. The Hall–Kier alpha value is -3.92. The predicted molar refractivity (Wildman–Crippen MR) is 163 cm³/mol. The molecule has 0 spiro atoms. The number of benzene rings is 3. The minimum atomic E-state index is -0.719. The number of nitrogens with one attached hydrogen (secondary N) is 4. The number of anilines is 3. The van der Waals surface area contributed by atoms with Crippen molar-refractivity contribution in [2.75, 3.05) is 42.3 Å². The first kappa shape index (κ1) is 31.6. The van der Waals surface area contributed by atoms with Crippen LogP contribution in [0.1, 0.15) is 55.8 Å². The zero-order valence-electron chi connectivity index (χ0n) is 23.5. The Morgan fingerprint density at radius 3 is 2.37 bits per heavy atom. The van der Waals surface area contributed by atoms with Crippen molar-refractivity contribution < 1.29 is 24.5 Å². The largest absolute Gasteiger partial charge is 0.506 e. The first-order chi connectivity index (χ1) is 20.0.